The van der Waals surface area contributed by atoms with E-state index in [1.807, 2.05) is 0 Å². The van der Waals surface area contributed by atoms with Crippen molar-refractivity contribution in [2.75, 3.05) is 5.32 Å². The first-order valence-electron chi connectivity index (χ1n) is 6.46. The van der Waals surface area contributed by atoms with Crippen LogP contribution in [0.5, 0.6) is 11.5 Å². The number of rotatable bonds is 4. The van der Waals surface area contributed by atoms with Crippen LogP contribution in [0.1, 0.15) is 5.56 Å². The molecule has 1 aromatic carbocycles. The highest BCUT2D eigenvalue weighted by Crippen LogP contribution is 2.36. The lowest BCUT2D eigenvalue weighted by Gasteiger charge is -2.04. The number of nitriles is 1. The number of nitrogens with one attached hydrogen (secondary N) is 1. The normalized spacial score (nSPS) is 10.7. The third-order valence-electron chi connectivity index (χ3n) is 2.88. The molecule has 0 saturated carbocycles. The minimum atomic E-state index is -0.895. The Morgan fingerprint density at radius 3 is 2.75 bits per heavy atom. The Bertz CT molecular complexity index is 871. The van der Waals surface area contributed by atoms with E-state index < -0.39 is 28.0 Å². The van der Waals surface area contributed by atoms with E-state index in [1.54, 1.807) is 18.2 Å². The minimum absolute atomic E-state index is 0.00915. The minimum Gasteiger partial charge on any atom is -0.504 e. The summed E-state index contributed by atoms with van der Waals surface area (Å²) in [5.74, 6) is -2.38. The van der Waals surface area contributed by atoms with Crippen molar-refractivity contribution < 1.29 is 19.9 Å². The number of hydrogen-bond acceptors (Lipinski definition) is 7. The monoisotopic (exact) mass is 326 g/mol. The molecule has 0 saturated heterocycles. The Balaban J connectivity index is 2.35. The lowest BCUT2D eigenvalue weighted by molar-refractivity contribution is -0.386. The molecule has 3 N–H and O–H groups in total. The van der Waals surface area contributed by atoms with Crippen LogP contribution in [-0.2, 0) is 4.79 Å². The molecule has 0 aliphatic rings. The van der Waals surface area contributed by atoms with Crippen LogP contribution in [0.3, 0.4) is 0 Å². The van der Waals surface area contributed by atoms with Crippen molar-refractivity contribution in [3.63, 3.8) is 0 Å². The van der Waals surface area contributed by atoms with E-state index in [0.29, 0.717) is 5.69 Å². The van der Waals surface area contributed by atoms with Crippen LogP contribution < -0.4 is 5.32 Å². The Hall–Kier alpha value is -3.93. The summed E-state index contributed by atoms with van der Waals surface area (Å²) in [6.45, 7) is 0. The fourth-order valence-electron chi connectivity index (χ4n) is 1.80. The molecule has 0 aliphatic carbocycles. The van der Waals surface area contributed by atoms with Gasteiger partial charge in [0.05, 0.1) is 16.8 Å². The molecule has 9 nitrogen and oxygen atoms in total. The summed E-state index contributed by atoms with van der Waals surface area (Å²) in [6.07, 6.45) is 3.94. The van der Waals surface area contributed by atoms with Crippen molar-refractivity contribution in [2.45, 2.75) is 0 Å². The first kappa shape index (κ1) is 16.4. The van der Waals surface area contributed by atoms with Crippen molar-refractivity contribution >= 4 is 23.4 Å². The van der Waals surface area contributed by atoms with Gasteiger partial charge in [-0.1, -0.05) is 0 Å². The standard InChI is InChI=1S/C15H10N4O5/c16-7-10(15(22)18-11-2-1-3-17-8-11)4-9-5-12(19(23)24)14(21)13(20)6-9/h1-6,8,20-21H,(H,18,22)/b10-4+. The average Bonchev–Trinajstić information content (AvgIpc) is 2.56. The number of aromatic hydroxyl groups is 2. The Morgan fingerprint density at radius 1 is 1.42 bits per heavy atom. The molecule has 1 aromatic heterocycles. The third-order valence-corrected chi connectivity index (χ3v) is 2.88. The van der Waals surface area contributed by atoms with Crippen LogP contribution in [0.25, 0.3) is 6.08 Å². The largest absolute Gasteiger partial charge is 0.504 e. The smallest absolute Gasteiger partial charge is 0.315 e. The first-order valence-corrected chi connectivity index (χ1v) is 6.46. The van der Waals surface area contributed by atoms with E-state index in [-0.39, 0.29) is 11.1 Å². The lowest BCUT2D eigenvalue weighted by Crippen LogP contribution is -2.13. The molecular formula is C15H10N4O5. The Kier molecular flexibility index (Phi) is 4.72. The molecule has 0 bridgehead atoms. The molecule has 2 rings (SSSR count). The molecule has 0 radical (unpaired) electrons. The Morgan fingerprint density at radius 2 is 2.17 bits per heavy atom. The van der Waals surface area contributed by atoms with Crippen molar-refractivity contribution in [1.29, 1.82) is 5.26 Å². The van der Waals surface area contributed by atoms with E-state index in [1.165, 1.54) is 12.4 Å². The number of hydrogen-bond donors (Lipinski definition) is 3. The molecule has 0 aliphatic heterocycles. The van der Waals surface area contributed by atoms with Gasteiger partial charge in [0.2, 0.25) is 5.75 Å². The topological polar surface area (TPSA) is 149 Å². The summed E-state index contributed by atoms with van der Waals surface area (Å²) in [4.78, 5) is 25.8. The zero-order valence-corrected chi connectivity index (χ0v) is 12.0. The number of phenolic OH excluding ortho intramolecular Hbond substituents is 2. The van der Waals surface area contributed by atoms with Crippen molar-refractivity contribution in [1.82, 2.24) is 4.98 Å². The van der Waals surface area contributed by atoms with Crippen molar-refractivity contribution in [3.05, 3.63) is 57.9 Å². The molecule has 1 amide bonds. The van der Waals surface area contributed by atoms with Gasteiger partial charge in [-0.2, -0.15) is 5.26 Å². The van der Waals surface area contributed by atoms with Gasteiger partial charge >= 0.3 is 5.69 Å². The summed E-state index contributed by atoms with van der Waals surface area (Å²) in [7, 11) is 0. The number of nitro benzene ring substituents is 1. The fraction of sp³-hybridized carbons (Fsp3) is 0. The molecule has 24 heavy (non-hydrogen) atoms. The van der Waals surface area contributed by atoms with E-state index in [2.05, 4.69) is 10.3 Å². The van der Waals surface area contributed by atoms with Gasteiger partial charge in [0.15, 0.2) is 5.75 Å². The molecule has 0 unspecified atom stereocenters. The van der Waals surface area contributed by atoms with E-state index in [0.717, 1.165) is 18.2 Å². The predicted octanol–water partition coefficient (Wildman–Crippen LogP) is 1.95. The fourth-order valence-corrected chi connectivity index (χ4v) is 1.80. The molecule has 0 atom stereocenters. The van der Waals surface area contributed by atoms with Gasteiger partial charge in [-0.05, 0) is 29.8 Å². The lowest BCUT2D eigenvalue weighted by atomic mass is 10.1. The summed E-state index contributed by atoms with van der Waals surface area (Å²) in [5.41, 5.74) is -0.720. The van der Waals surface area contributed by atoms with Gasteiger partial charge in [0.1, 0.15) is 11.6 Å². The number of aromatic nitrogens is 1. The third kappa shape index (κ3) is 3.63. The highest BCUT2D eigenvalue weighted by Gasteiger charge is 2.19. The van der Waals surface area contributed by atoms with Crippen LogP contribution in [0, 0.1) is 21.4 Å². The van der Waals surface area contributed by atoms with Gasteiger partial charge < -0.3 is 15.5 Å². The van der Waals surface area contributed by atoms with Gasteiger partial charge in [-0.15, -0.1) is 0 Å². The summed E-state index contributed by atoms with van der Waals surface area (Å²) in [5, 5.41) is 41.3. The van der Waals surface area contributed by atoms with Gasteiger partial charge in [0.25, 0.3) is 5.91 Å². The number of nitrogens with zero attached hydrogens (tertiary/aromatic N) is 3. The molecule has 2 aromatic rings. The maximum absolute atomic E-state index is 12.0. The van der Waals surface area contributed by atoms with E-state index in [4.69, 9.17) is 5.26 Å². The number of carbonyl (C=O) groups excluding carboxylic acids is 1. The Labute approximate surface area is 135 Å². The van der Waals surface area contributed by atoms with Crippen LogP contribution in [0.2, 0.25) is 0 Å². The zero-order chi connectivity index (χ0) is 17.7. The zero-order valence-electron chi connectivity index (χ0n) is 12.0. The van der Waals surface area contributed by atoms with Crippen LogP contribution in [0.4, 0.5) is 11.4 Å². The highest BCUT2D eigenvalue weighted by atomic mass is 16.6. The van der Waals surface area contributed by atoms with Crippen molar-refractivity contribution in [3.8, 4) is 17.6 Å². The second kappa shape index (κ2) is 6.89. The predicted molar refractivity (Wildman–Crippen MR) is 82.9 cm³/mol. The summed E-state index contributed by atoms with van der Waals surface area (Å²) < 4.78 is 0. The maximum Gasteiger partial charge on any atom is 0.315 e. The number of anilines is 1. The molecule has 1 heterocycles. The van der Waals surface area contributed by atoms with Gasteiger partial charge in [0, 0.05) is 12.3 Å². The number of carbonyl (C=O) groups is 1. The summed E-state index contributed by atoms with van der Waals surface area (Å²) >= 11 is 0. The van der Waals surface area contributed by atoms with Crippen LogP contribution in [-0.4, -0.2) is 26.0 Å². The highest BCUT2D eigenvalue weighted by molar-refractivity contribution is 6.09. The average molecular weight is 326 g/mol. The number of pyridine rings is 1. The van der Waals surface area contributed by atoms with Crippen LogP contribution >= 0.6 is 0 Å². The van der Waals surface area contributed by atoms with Crippen molar-refractivity contribution in [2.24, 2.45) is 0 Å². The molecule has 9 heteroatoms. The number of amides is 1. The molecular weight excluding hydrogens is 316 g/mol. The molecule has 0 fully saturated rings. The second-order valence-corrected chi connectivity index (χ2v) is 4.53. The SMILES string of the molecule is N#C/C(=C\c1cc(O)c(O)c([N+](=O)[O-])c1)C(=O)Nc1cccnc1. The van der Waals surface area contributed by atoms with E-state index >= 15 is 0 Å². The van der Waals surface area contributed by atoms with Gasteiger partial charge in [-0.25, -0.2) is 0 Å². The van der Waals surface area contributed by atoms with E-state index in [9.17, 15) is 25.1 Å². The summed E-state index contributed by atoms with van der Waals surface area (Å²) in [6, 6.07) is 6.76. The second-order valence-electron chi connectivity index (χ2n) is 4.53. The number of phenols is 2. The number of nitro groups is 1. The first-order chi connectivity index (χ1) is 11.4. The van der Waals surface area contributed by atoms with Gasteiger partial charge in [-0.3, -0.25) is 19.9 Å². The maximum atomic E-state index is 12.0. The molecule has 120 valence electrons. The molecule has 0 spiro atoms. The van der Waals surface area contributed by atoms with Crippen LogP contribution in [0.15, 0.2) is 42.2 Å². The quantitative estimate of drug-likeness (QED) is 0.255. The number of benzene rings is 1.